The first kappa shape index (κ1) is 13.9. The van der Waals surface area contributed by atoms with Crippen LogP contribution in [0.2, 0.25) is 0 Å². The molecule has 0 radical (unpaired) electrons. The van der Waals surface area contributed by atoms with Gasteiger partial charge < -0.3 is 9.73 Å². The van der Waals surface area contributed by atoms with Crippen LogP contribution >= 0.6 is 0 Å². The zero-order valence-corrected chi connectivity index (χ0v) is 12.2. The smallest absolute Gasteiger partial charge is 0.254 e. The lowest BCUT2D eigenvalue weighted by molar-refractivity contribution is 0.0948. The SMILES string of the molecule is Cc1cc(C(=O)NCC2(c3ccc(F)cc3)CC2)c(C)o1. The van der Waals surface area contributed by atoms with Crippen LogP contribution in [0, 0.1) is 19.7 Å². The number of halogens is 1. The third kappa shape index (κ3) is 2.71. The van der Waals surface area contributed by atoms with Crippen LogP contribution in [0.1, 0.15) is 40.3 Å². The Labute approximate surface area is 123 Å². The minimum absolute atomic E-state index is 0.0317. The predicted molar refractivity (Wildman–Crippen MR) is 77.8 cm³/mol. The molecule has 1 aliphatic rings. The number of benzene rings is 1. The molecule has 110 valence electrons. The number of hydrogen-bond acceptors (Lipinski definition) is 2. The Morgan fingerprint density at radius 2 is 1.95 bits per heavy atom. The number of rotatable bonds is 4. The van der Waals surface area contributed by atoms with Gasteiger partial charge in [0.15, 0.2) is 0 Å². The Balaban J connectivity index is 1.68. The van der Waals surface area contributed by atoms with Gasteiger partial charge in [0, 0.05) is 12.0 Å². The van der Waals surface area contributed by atoms with E-state index >= 15 is 0 Å². The summed E-state index contributed by atoms with van der Waals surface area (Å²) >= 11 is 0. The van der Waals surface area contributed by atoms with Crippen molar-refractivity contribution in [1.82, 2.24) is 5.32 Å². The number of carbonyl (C=O) groups excluding carboxylic acids is 1. The molecule has 0 saturated heterocycles. The topological polar surface area (TPSA) is 42.2 Å². The van der Waals surface area contributed by atoms with Crippen molar-refractivity contribution in [2.24, 2.45) is 0 Å². The molecule has 3 nitrogen and oxygen atoms in total. The monoisotopic (exact) mass is 287 g/mol. The fraction of sp³-hybridized carbons (Fsp3) is 0.353. The van der Waals surface area contributed by atoms with Gasteiger partial charge in [-0.15, -0.1) is 0 Å². The largest absolute Gasteiger partial charge is 0.466 e. The molecule has 3 rings (SSSR count). The number of carbonyl (C=O) groups is 1. The standard InChI is InChI=1S/C17H18FNO2/c1-11-9-15(12(2)21-11)16(20)19-10-17(7-8-17)13-3-5-14(18)6-4-13/h3-6,9H,7-8,10H2,1-2H3,(H,19,20). The molecule has 21 heavy (non-hydrogen) atoms. The van der Waals surface area contributed by atoms with Crippen molar-refractivity contribution in [3.05, 3.63) is 58.8 Å². The van der Waals surface area contributed by atoms with E-state index in [4.69, 9.17) is 4.42 Å². The quantitative estimate of drug-likeness (QED) is 0.935. The van der Waals surface area contributed by atoms with Crippen LogP contribution in [0.5, 0.6) is 0 Å². The van der Waals surface area contributed by atoms with Gasteiger partial charge in [0.05, 0.1) is 5.56 Å². The molecule has 0 atom stereocenters. The summed E-state index contributed by atoms with van der Waals surface area (Å²) in [5, 5.41) is 2.98. The second-order valence-electron chi connectivity index (χ2n) is 5.80. The molecule has 1 amide bonds. The van der Waals surface area contributed by atoms with Crippen LogP contribution in [-0.2, 0) is 5.41 Å². The van der Waals surface area contributed by atoms with Crippen LogP contribution in [0.4, 0.5) is 4.39 Å². The van der Waals surface area contributed by atoms with Gasteiger partial charge in [-0.25, -0.2) is 4.39 Å². The lowest BCUT2D eigenvalue weighted by atomic mass is 9.96. The summed E-state index contributed by atoms with van der Waals surface area (Å²) in [4.78, 5) is 12.2. The fourth-order valence-corrected chi connectivity index (χ4v) is 2.72. The molecule has 4 heteroatoms. The van der Waals surface area contributed by atoms with E-state index in [2.05, 4.69) is 5.32 Å². The third-order valence-electron chi connectivity index (χ3n) is 4.18. The minimum Gasteiger partial charge on any atom is -0.466 e. The average Bonchev–Trinajstić information content (AvgIpc) is 3.16. The summed E-state index contributed by atoms with van der Waals surface area (Å²) in [7, 11) is 0. The molecule has 1 N–H and O–H groups in total. The molecule has 1 heterocycles. The Hall–Kier alpha value is -2.10. The van der Waals surface area contributed by atoms with E-state index in [9.17, 15) is 9.18 Å². The molecular weight excluding hydrogens is 269 g/mol. The second-order valence-corrected chi connectivity index (χ2v) is 5.80. The Morgan fingerprint density at radius 3 is 2.48 bits per heavy atom. The summed E-state index contributed by atoms with van der Waals surface area (Å²) in [6.45, 7) is 4.18. The number of hydrogen-bond donors (Lipinski definition) is 1. The molecule has 1 fully saturated rings. The van der Waals surface area contributed by atoms with E-state index in [-0.39, 0.29) is 17.1 Å². The van der Waals surface area contributed by atoms with Crippen molar-refractivity contribution >= 4 is 5.91 Å². The Kier molecular flexibility index (Phi) is 3.32. The van der Waals surface area contributed by atoms with Gasteiger partial charge >= 0.3 is 0 Å². The summed E-state index contributed by atoms with van der Waals surface area (Å²) in [5.74, 6) is 1.02. The van der Waals surface area contributed by atoms with Crippen LogP contribution in [0.15, 0.2) is 34.7 Å². The molecule has 1 aromatic carbocycles. The molecule has 2 aromatic rings. The maximum atomic E-state index is 13.0. The predicted octanol–water partition coefficient (Wildman–Crippen LogP) is 3.50. The van der Waals surface area contributed by atoms with Crippen molar-refractivity contribution < 1.29 is 13.6 Å². The number of nitrogens with one attached hydrogen (secondary N) is 1. The first-order valence-corrected chi connectivity index (χ1v) is 7.11. The average molecular weight is 287 g/mol. The highest BCUT2D eigenvalue weighted by atomic mass is 19.1. The number of aryl methyl sites for hydroxylation is 2. The van der Waals surface area contributed by atoms with E-state index in [1.807, 2.05) is 19.1 Å². The van der Waals surface area contributed by atoms with E-state index in [1.165, 1.54) is 12.1 Å². The van der Waals surface area contributed by atoms with Crippen LogP contribution < -0.4 is 5.32 Å². The van der Waals surface area contributed by atoms with E-state index < -0.39 is 0 Å². The van der Waals surface area contributed by atoms with Crippen molar-refractivity contribution in [3.8, 4) is 0 Å². The fourth-order valence-electron chi connectivity index (χ4n) is 2.72. The molecule has 0 unspecified atom stereocenters. The summed E-state index contributed by atoms with van der Waals surface area (Å²) in [6.07, 6.45) is 2.03. The van der Waals surface area contributed by atoms with Crippen molar-refractivity contribution in [3.63, 3.8) is 0 Å². The van der Waals surface area contributed by atoms with Crippen molar-refractivity contribution in [2.45, 2.75) is 32.1 Å². The lowest BCUT2D eigenvalue weighted by Gasteiger charge is -2.16. The molecule has 1 saturated carbocycles. The summed E-state index contributed by atoms with van der Waals surface area (Å²) < 4.78 is 18.4. The summed E-state index contributed by atoms with van der Waals surface area (Å²) in [5.41, 5.74) is 1.64. The van der Waals surface area contributed by atoms with Gasteiger partial charge in [-0.2, -0.15) is 0 Å². The molecule has 1 aliphatic carbocycles. The number of amides is 1. The van der Waals surface area contributed by atoms with E-state index in [0.717, 1.165) is 24.2 Å². The van der Waals surface area contributed by atoms with E-state index in [0.29, 0.717) is 17.9 Å². The lowest BCUT2D eigenvalue weighted by Crippen LogP contribution is -2.32. The van der Waals surface area contributed by atoms with Gasteiger partial charge in [0.25, 0.3) is 5.91 Å². The van der Waals surface area contributed by atoms with Gasteiger partial charge in [0.1, 0.15) is 17.3 Å². The van der Waals surface area contributed by atoms with Crippen LogP contribution in [0.3, 0.4) is 0 Å². The number of furan rings is 1. The van der Waals surface area contributed by atoms with Gasteiger partial charge in [-0.3, -0.25) is 4.79 Å². The second kappa shape index (κ2) is 5.02. The van der Waals surface area contributed by atoms with Crippen molar-refractivity contribution in [1.29, 1.82) is 0 Å². The van der Waals surface area contributed by atoms with Gasteiger partial charge in [0.2, 0.25) is 0 Å². The normalized spacial score (nSPS) is 15.8. The zero-order chi connectivity index (χ0) is 15.0. The Bertz CT molecular complexity index is 669. The maximum Gasteiger partial charge on any atom is 0.254 e. The maximum absolute atomic E-state index is 13.0. The first-order chi connectivity index (χ1) is 10.00. The highest BCUT2D eigenvalue weighted by Crippen LogP contribution is 2.47. The highest BCUT2D eigenvalue weighted by Gasteiger charge is 2.44. The summed E-state index contributed by atoms with van der Waals surface area (Å²) in [6, 6.07) is 8.31. The molecule has 0 bridgehead atoms. The zero-order valence-electron chi connectivity index (χ0n) is 12.2. The van der Waals surface area contributed by atoms with Crippen molar-refractivity contribution in [2.75, 3.05) is 6.54 Å². The third-order valence-corrected chi connectivity index (χ3v) is 4.18. The van der Waals surface area contributed by atoms with Gasteiger partial charge in [-0.1, -0.05) is 12.1 Å². The van der Waals surface area contributed by atoms with E-state index in [1.54, 1.807) is 13.0 Å². The van der Waals surface area contributed by atoms with Crippen LogP contribution in [-0.4, -0.2) is 12.5 Å². The molecule has 1 aromatic heterocycles. The van der Waals surface area contributed by atoms with Crippen LogP contribution in [0.25, 0.3) is 0 Å². The first-order valence-electron chi connectivity index (χ1n) is 7.11. The molecular formula is C17H18FNO2. The van der Waals surface area contributed by atoms with Gasteiger partial charge in [-0.05, 0) is 50.5 Å². The minimum atomic E-state index is -0.233. The highest BCUT2D eigenvalue weighted by molar-refractivity contribution is 5.95. The Morgan fingerprint density at radius 1 is 1.29 bits per heavy atom. The molecule has 0 aliphatic heterocycles. The molecule has 0 spiro atoms.